The number of aromatic nitrogens is 4. The highest BCUT2D eigenvalue weighted by molar-refractivity contribution is 7.17. The van der Waals surface area contributed by atoms with E-state index in [1.807, 2.05) is 18.7 Å². The van der Waals surface area contributed by atoms with Gasteiger partial charge in [0.25, 0.3) is 5.91 Å². The predicted molar refractivity (Wildman–Crippen MR) is 136 cm³/mol. The molecular weight excluding hydrogens is 463 g/mol. The molecule has 0 aliphatic carbocycles. The third kappa shape index (κ3) is 4.43. The number of hydrogen-bond acceptors (Lipinski definition) is 6. The van der Waals surface area contributed by atoms with Crippen molar-refractivity contribution in [1.29, 1.82) is 0 Å². The Hall–Kier alpha value is -3.59. The van der Waals surface area contributed by atoms with E-state index in [0.717, 1.165) is 18.8 Å². The first kappa shape index (κ1) is 23.2. The van der Waals surface area contributed by atoms with E-state index < -0.39 is 0 Å². The summed E-state index contributed by atoms with van der Waals surface area (Å²) in [5.74, 6) is -0.296. The maximum Gasteiger partial charge on any atom is 0.265 e. The average molecular weight is 491 g/mol. The molecule has 1 aliphatic heterocycles. The number of halogens is 1. The fourth-order valence-electron chi connectivity index (χ4n) is 4.40. The van der Waals surface area contributed by atoms with Crippen LogP contribution >= 0.6 is 11.3 Å². The summed E-state index contributed by atoms with van der Waals surface area (Å²) < 4.78 is 15.0. The van der Waals surface area contributed by atoms with E-state index >= 15 is 0 Å². The van der Waals surface area contributed by atoms with Crippen molar-refractivity contribution in [2.45, 2.75) is 27.7 Å². The molecule has 35 heavy (non-hydrogen) atoms. The minimum Gasteiger partial charge on any atom is -0.368 e. The predicted octanol–water partition coefficient (Wildman–Crippen LogP) is 4.73. The van der Waals surface area contributed by atoms with Crippen LogP contribution in [0.4, 0.5) is 10.1 Å². The molecule has 0 saturated carbocycles. The van der Waals surface area contributed by atoms with Crippen molar-refractivity contribution in [3.63, 3.8) is 0 Å². The van der Waals surface area contributed by atoms with Crippen LogP contribution in [0.25, 0.3) is 16.4 Å². The van der Waals surface area contributed by atoms with Crippen molar-refractivity contribution < 1.29 is 9.18 Å². The molecule has 180 valence electrons. The summed E-state index contributed by atoms with van der Waals surface area (Å²) in [6.45, 7) is 10.9. The number of hydrogen-bond donors (Lipinski definition) is 0. The number of rotatable bonds is 4. The van der Waals surface area contributed by atoms with Crippen LogP contribution in [0.1, 0.15) is 32.2 Å². The fraction of sp³-hybridized carbons (Fsp3) is 0.308. The van der Waals surface area contributed by atoms with Gasteiger partial charge in [-0.05, 0) is 69.2 Å². The van der Waals surface area contributed by atoms with Gasteiger partial charge in [0.05, 0.1) is 17.1 Å². The Morgan fingerprint density at radius 3 is 2.40 bits per heavy atom. The normalized spacial score (nSPS) is 14.0. The van der Waals surface area contributed by atoms with Gasteiger partial charge in [-0.1, -0.05) is 17.3 Å². The molecule has 0 radical (unpaired) electrons. The molecular formula is C26H27FN6OS. The Kier molecular flexibility index (Phi) is 6.10. The van der Waals surface area contributed by atoms with Crippen molar-refractivity contribution in [3.05, 3.63) is 75.7 Å². The lowest BCUT2D eigenvalue weighted by Gasteiger charge is -2.36. The quantitative estimate of drug-likeness (QED) is 0.414. The fourth-order valence-corrected chi connectivity index (χ4v) is 5.48. The summed E-state index contributed by atoms with van der Waals surface area (Å²) in [7, 11) is 0. The van der Waals surface area contributed by atoms with E-state index in [1.165, 1.54) is 40.3 Å². The minimum absolute atomic E-state index is 0.00967. The SMILES string of the molecule is Cc1ccc(C)c(N2CCN(C(=O)c3sc(-c4nnn(-c5ccc(F)cc5)c4C)nc3C)CC2)c1. The molecule has 9 heteroatoms. The van der Waals surface area contributed by atoms with Crippen LogP contribution in [-0.2, 0) is 0 Å². The van der Waals surface area contributed by atoms with Crippen LogP contribution in [0.3, 0.4) is 0 Å². The Morgan fingerprint density at radius 2 is 1.69 bits per heavy atom. The zero-order chi connectivity index (χ0) is 24.7. The first-order chi connectivity index (χ1) is 16.8. The maximum atomic E-state index is 13.4. The van der Waals surface area contributed by atoms with Crippen LogP contribution < -0.4 is 4.90 Å². The number of thiazole rings is 1. The molecule has 1 aliphatic rings. The molecule has 1 saturated heterocycles. The van der Waals surface area contributed by atoms with E-state index in [9.17, 15) is 9.18 Å². The van der Waals surface area contributed by atoms with Crippen molar-refractivity contribution in [2.75, 3.05) is 31.1 Å². The third-order valence-electron chi connectivity index (χ3n) is 6.43. The summed E-state index contributed by atoms with van der Waals surface area (Å²) in [6, 6.07) is 12.6. The monoisotopic (exact) mass is 490 g/mol. The smallest absolute Gasteiger partial charge is 0.265 e. The zero-order valence-corrected chi connectivity index (χ0v) is 21.1. The molecule has 0 unspecified atom stereocenters. The van der Waals surface area contributed by atoms with Crippen molar-refractivity contribution in [3.8, 4) is 16.4 Å². The molecule has 2 aromatic carbocycles. The van der Waals surface area contributed by atoms with Gasteiger partial charge in [-0.25, -0.2) is 14.1 Å². The molecule has 0 bridgehead atoms. The van der Waals surface area contributed by atoms with E-state index in [4.69, 9.17) is 0 Å². The summed E-state index contributed by atoms with van der Waals surface area (Å²) >= 11 is 1.35. The van der Waals surface area contributed by atoms with Gasteiger partial charge in [-0.3, -0.25) is 4.79 Å². The van der Waals surface area contributed by atoms with Crippen LogP contribution in [0, 0.1) is 33.5 Å². The molecule has 0 atom stereocenters. The number of carbonyl (C=O) groups excluding carboxylic acids is 1. The van der Waals surface area contributed by atoms with E-state index in [-0.39, 0.29) is 11.7 Å². The minimum atomic E-state index is -0.305. The topological polar surface area (TPSA) is 67.2 Å². The Morgan fingerprint density at radius 1 is 0.971 bits per heavy atom. The number of amides is 1. The molecule has 3 heterocycles. The second-order valence-corrected chi connectivity index (χ2v) is 9.91. The standard InChI is InChI=1S/C26H27FN6OS/c1-16-5-6-17(2)22(15-16)31-11-13-32(14-12-31)26(34)24-18(3)28-25(35-24)23-19(4)33(30-29-23)21-9-7-20(27)8-10-21/h5-10,15H,11-14H2,1-4H3. The first-order valence-corrected chi connectivity index (χ1v) is 12.4. The second-order valence-electron chi connectivity index (χ2n) is 8.91. The van der Waals surface area contributed by atoms with Gasteiger partial charge in [0, 0.05) is 31.9 Å². The van der Waals surface area contributed by atoms with E-state index in [1.54, 1.807) is 16.8 Å². The molecule has 1 amide bonds. The van der Waals surface area contributed by atoms with Gasteiger partial charge < -0.3 is 9.80 Å². The molecule has 5 rings (SSSR count). The number of aryl methyl sites for hydroxylation is 3. The number of carbonyl (C=O) groups is 1. The van der Waals surface area contributed by atoms with Gasteiger partial charge >= 0.3 is 0 Å². The van der Waals surface area contributed by atoms with Crippen LogP contribution in [0.15, 0.2) is 42.5 Å². The average Bonchev–Trinajstić information content (AvgIpc) is 3.43. The number of piperazine rings is 1. The van der Waals surface area contributed by atoms with E-state index in [0.29, 0.717) is 40.0 Å². The molecule has 0 spiro atoms. The van der Waals surface area contributed by atoms with Gasteiger partial charge in [-0.15, -0.1) is 16.4 Å². The Balaban J connectivity index is 1.33. The largest absolute Gasteiger partial charge is 0.368 e. The van der Waals surface area contributed by atoms with Crippen LogP contribution in [-0.4, -0.2) is 57.0 Å². The van der Waals surface area contributed by atoms with Crippen molar-refractivity contribution in [2.24, 2.45) is 0 Å². The Labute approximate surface area is 207 Å². The number of anilines is 1. The van der Waals surface area contributed by atoms with Crippen LogP contribution in [0.2, 0.25) is 0 Å². The summed E-state index contributed by atoms with van der Waals surface area (Å²) in [4.78, 5) is 22.9. The third-order valence-corrected chi connectivity index (χ3v) is 7.58. The lowest BCUT2D eigenvalue weighted by molar-refractivity contribution is 0.0750. The summed E-state index contributed by atoms with van der Waals surface area (Å²) in [6.07, 6.45) is 0. The second kappa shape index (κ2) is 9.22. The maximum absolute atomic E-state index is 13.4. The van der Waals surface area contributed by atoms with Crippen molar-refractivity contribution >= 4 is 22.9 Å². The molecule has 4 aromatic rings. The molecule has 7 nitrogen and oxygen atoms in total. The summed E-state index contributed by atoms with van der Waals surface area (Å²) in [5.41, 5.74) is 6.56. The highest BCUT2D eigenvalue weighted by Gasteiger charge is 2.27. The van der Waals surface area contributed by atoms with Crippen molar-refractivity contribution in [1.82, 2.24) is 24.9 Å². The highest BCUT2D eigenvalue weighted by atomic mass is 32.1. The van der Waals surface area contributed by atoms with Gasteiger partial charge in [0.1, 0.15) is 21.4 Å². The summed E-state index contributed by atoms with van der Waals surface area (Å²) in [5, 5.41) is 9.19. The van der Waals surface area contributed by atoms with Gasteiger partial charge in [0.15, 0.2) is 0 Å². The lowest BCUT2D eigenvalue weighted by atomic mass is 10.1. The van der Waals surface area contributed by atoms with Gasteiger partial charge in [0.2, 0.25) is 0 Å². The van der Waals surface area contributed by atoms with Crippen LogP contribution in [0.5, 0.6) is 0 Å². The van der Waals surface area contributed by atoms with E-state index in [2.05, 4.69) is 52.2 Å². The molecule has 1 fully saturated rings. The van der Waals surface area contributed by atoms with Gasteiger partial charge in [-0.2, -0.15) is 0 Å². The Bertz CT molecular complexity index is 1390. The molecule has 2 aromatic heterocycles. The highest BCUT2D eigenvalue weighted by Crippen LogP contribution is 2.31. The number of benzene rings is 2. The molecule has 0 N–H and O–H groups in total. The lowest BCUT2D eigenvalue weighted by Crippen LogP contribution is -2.49. The first-order valence-electron chi connectivity index (χ1n) is 11.6. The number of nitrogens with zero attached hydrogens (tertiary/aromatic N) is 6. The zero-order valence-electron chi connectivity index (χ0n) is 20.2.